The van der Waals surface area contributed by atoms with Crippen LogP contribution in [0.2, 0.25) is 0 Å². The van der Waals surface area contributed by atoms with E-state index >= 15 is 0 Å². The van der Waals surface area contributed by atoms with Gasteiger partial charge in [0.15, 0.2) is 0 Å². The number of carbonyl (C=O) groups is 2. The van der Waals surface area contributed by atoms with Crippen LogP contribution in [0, 0.1) is 5.92 Å². The third kappa shape index (κ3) is 1.42. The number of carbonyl (C=O) groups excluding carboxylic acids is 2. The Morgan fingerprint density at radius 3 is 2.56 bits per heavy atom. The fourth-order valence-electron chi connectivity index (χ4n) is 2.54. The molecule has 3 heteroatoms. The van der Waals surface area contributed by atoms with Crippen molar-refractivity contribution >= 4 is 11.6 Å². The number of nitrogens with one attached hydrogen (secondary N) is 1. The lowest BCUT2D eigenvalue weighted by Crippen LogP contribution is -2.29. The summed E-state index contributed by atoms with van der Waals surface area (Å²) in [6.07, 6.45) is 1.52. The van der Waals surface area contributed by atoms with E-state index in [9.17, 15) is 9.59 Å². The summed E-state index contributed by atoms with van der Waals surface area (Å²) in [5.41, 5.74) is 3.41. The molecule has 1 fully saturated rings. The van der Waals surface area contributed by atoms with Gasteiger partial charge in [0.25, 0.3) is 0 Å². The van der Waals surface area contributed by atoms with E-state index in [1.54, 1.807) is 0 Å². The summed E-state index contributed by atoms with van der Waals surface area (Å²) in [6, 6.07) is 0. The molecule has 0 radical (unpaired) electrons. The normalized spacial score (nSPS) is 20.8. The highest BCUT2D eigenvalue weighted by Gasteiger charge is 2.36. The van der Waals surface area contributed by atoms with Crippen molar-refractivity contribution in [2.24, 2.45) is 5.92 Å². The molecule has 0 saturated carbocycles. The van der Waals surface area contributed by atoms with Crippen LogP contribution in [-0.2, 0) is 9.59 Å². The van der Waals surface area contributed by atoms with Crippen LogP contribution in [0.4, 0.5) is 0 Å². The second kappa shape index (κ2) is 3.89. The van der Waals surface area contributed by atoms with Gasteiger partial charge in [0, 0.05) is 24.8 Å². The number of Topliss-reactive ketones (excluding diaryl/α,β-unsaturated/α-hetero) is 2. The zero-order valence-electron chi connectivity index (χ0n) is 10.0. The lowest BCUT2D eigenvalue weighted by Gasteiger charge is -2.21. The number of fused-ring (bicyclic) bond motifs is 1. The van der Waals surface area contributed by atoms with Crippen LogP contribution in [0.15, 0.2) is 22.4 Å². The molecular formula is C13H19NO2. The van der Waals surface area contributed by atoms with Gasteiger partial charge in [0.05, 0.1) is 0 Å². The zero-order chi connectivity index (χ0) is 11.9. The highest BCUT2D eigenvalue weighted by molar-refractivity contribution is 6.50. The average molecular weight is 221 g/mol. The molecular weight excluding hydrogens is 202 g/mol. The Labute approximate surface area is 97.1 Å². The summed E-state index contributed by atoms with van der Waals surface area (Å²) in [5.74, 6) is -0.487. The van der Waals surface area contributed by atoms with Crippen molar-refractivity contribution in [3.8, 4) is 0 Å². The van der Waals surface area contributed by atoms with Crippen LogP contribution in [0.3, 0.4) is 0 Å². The third-order valence-corrected chi connectivity index (χ3v) is 3.27. The van der Waals surface area contributed by atoms with E-state index in [0.29, 0.717) is 12.0 Å². The van der Waals surface area contributed by atoms with Gasteiger partial charge in [-0.25, -0.2) is 0 Å². The molecule has 1 aliphatic heterocycles. The molecule has 16 heavy (non-hydrogen) atoms. The number of allylic oxidation sites excluding steroid dienone is 3. The van der Waals surface area contributed by atoms with E-state index in [1.807, 2.05) is 20.8 Å². The number of hydrogen-bond acceptors (Lipinski definition) is 3. The van der Waals surface area contributed by atoms with E-state index in [-0.39, 0.29) is 18.9 Å². The summed E-state index contributed by atoms with van der Waals surface area (Å²) in [4.78, 5) is 23.9. The quantitative estimate of drug-likeness (QED) is 0.573. The van der Waals surface area contributed by atoms with Gasteiger partial charge in [0.1, 0.15) is 0 Å². The second-order valence-electron chi connectivity index (χ2n) is 4.59. The monoisotopic (exact) mass is 221 g/mol. The molecule has 1 N–H and O–H groups in total. The largest absolute Gasteiger partial charge is 0.384 e. The molecule has 0 atom stereocenters. The number of rotatable bonds is 2. The van der Waals surface area contributed by atoms with Crippen LogP contribution >= 0.6 is 0 Å². The molecule has 88 valence electrons. The van der Waals surface area contributed by atoms with Crippen molar-refractivity contribution in [3.63, 3.8) is 0 Å². The lowest BCUT2D eigenvalue weighted by atomic mass is 9.82. The second-order valence-corrected chi connectivity index (χ2v) is 4.59. The Kier molecular flexibility index (Phi) is 2.70. The first kappa shape index (κ1) is 11.1. The Morgan fingerprint density at radius 2 is 2.00 bits per heavy atom. The third-order valence-electron chi connectivity index (χ3n) is 3.27. The van der Waals surface area contributed by atoms with E-state index in [4.69, 9.17) is 0 Å². The summed E-state index contributed by atoms with van der Waals surface area (Å²) in [6.45, 7) is 6.69. The molecule has 0 bridgehead atoms. The van der Waals surface area contributed by atoms with Crippen molar-refractivity contribution in [2.75, 3.05) is 6.54 Å². The Balaban J connectivity index is 0.00000144. The molecule has 1 heterocycles. The zero-order valence-corrected chi connectivity index (χ0v) is 10.0. The van der Waals surface area contributed by atoms with Crippen LogP contribution in [-0.4, -0.2) is 18.1 Å². The molecule has 0 spiro atoms. The first-order valence-electron chi connectivity index (χ1n) is 5.87. The molecule has 2 rings (SSSR count). The minimum absolute atomic E-state index is 0. The van der Waals surface area contributed by atoms with Gasteiger partial charge >= 0.3 is 0 Å². The van der Waals surface area contributed by atoms with Crippen LogP contribution in [0.25, 0.3) is 0 Å². The minimum atomic E-state index is -0.306. The van der Waals surface area contributed by atoms with Crippen LogP contribution < -0.4 is 5.32 Å². The summed E-state index contributed by atoms with van der Waals surface area (Å²) in [7, 11) is 0. The molecule has 0 aromatic heterocycles. The topological polar surface area (TPSA) is 46.2 Å². The van der Waals surface area contributed by atoms with Gasteiger partial charge in [-0.1, -0.05) is 20.8 Å². The highest BCUT2D eigenvalue weighted by atomic mass is 16.2. The van der Waals surface area contributed by atoms with Crippen molar-refractivity contribution in [1.82, 2.24) is 5.32 Å². The minimum Gasteiger partial charge on any atom is -0.384 e. The van der Waals surface area contributed by atoms with E-state index < -0.39 is 0 Å². The summed E-state index contributed by atoms with van der Waals surface area (Å²) >= 11 is 0. The maximum Gasteiger partial charge on any atom is 0.231 e. The molecule has 0 aromatic rings. The molecule has 0 unspecified atom stereocenters. The fourth-order valence-corrected chi connectivity index (χ4v) is 2.54. The SMILES string of the molecule is CCC1=C2CCNC2=C(C(C)C)C(=O)C1=O.[HH]. The fraction of sp³-hybridized carbons (Fsp3) is 0.538. The van der Waals surface area contributed by atoms with Crippen LogP contribution in [0.5, 0.6) is 0 Å². The maximum atomic E-state index is 12.0. The Bertz CT molecular complexity index is 433. The molecule has 0 amide bonds. The van der Waals surface area contributed by atoms with E-state index in [0.717, 1.165) is 29.8 Å². The average Bonchev–Trinajstić information content (AvgIpc) is 2.67. The van der Waals surface area contributed by atoms with Crippen LogP contribution in [0.1, 0.15) is 35.0 Å². The smallest absolute Gasteiger partial charge is 0.231 e. The standard InChI is InChI=1S/C13H17NO2.H2/c1-4-8-9-5-6-14-11(9)10(7(2)3)13(16)12(8)15;/h7,14H,4-6H2,1-3H3;1H. The van der Waals surface area contributed by atoms with Crippen molar-refractivity contribution < 1.29 is 11.0 Å². The van der Waals surface area contributed by atoms with Gasteiger partial charge in [-0.15, -0.1) is 0 Å². The van der Waals surface area contributed by atoms with Gasteiger partial charge < -0.3 is 5.32 Å². The van der Waals surface area contributed by atoms with Gasteiger partial charge in [-0.3, -0.25) is 9.59 Å². The Morgan fingerprint density at radius 1 is 1.31 bits per heavy atom. The van der Waals surface area contributed by atoms with Crippen molar-refractivity contribution in [1.29, 1.82) is 0 Å². The van der Waals surface area contributed by atoms with E-state index in [1.165, 1.54) is 0 Å². The molecule has 1 aliphatic carbocycles. The first-order chi connectivity index (χ1) is 7.57. The van der Waals surface area contributed by atoms with Crippen molar-refractivity contribution in [3.05, 3.63) is 22.4 Å². The maximum absolute atomic E-state index is 12.0. The molecule has 3 nitrogen and oxygen atoms in total. The predicted molar refractivity (Wildman–Crippen MR) is 63.9 cm³/mol. The number of ketones is 2. The lowest BCUT2D eigenvalue weighted by molar-refractivity contribution is -0.132. The van der Waals surface area contributed by atoms with Crippen molar-refractivity contribution in [2.45, 2.75) is 33.6 Å². The molecule has 0 aromatic carbocycles. The molecule has 1 saturated heterocycles. The predicted octanol–water partition coefficient (Wildman–Crippen LogP) is 1.99. The highest BCUT2D eigenvalue weighted by Crippen LogP contribution is 2.34. The first-order valence-corrected chi connectivity index (χ1v) is 5.87. The van der Waals surface area contributed by atoms with Gasteiger partial charge in [-0.05, 0) is 24.3 Å². The molecule has 2 aliphatic rings. The summed E-state index contributed by atoms with van der Waals surface area (Å²) < 4.78 is 0. The van der Waals surface area contributed by atoms with E-state index in [2.05, 4.69) is 5.32 Å². The Hall–Kier alpha value is -1.38. The van der Waals surface area contributed by atoms with Gasteiger partial charge in [0.2, 0.25) is 11.6 Å². The van der Waals surface area contributed by atoms with Gasteiger partial charge in [-0.2, -0.15) is 0 Å². The summed E-state index contributed by atoms with van der Waals surface area (Å²) in [5, 5.41) is 3.25. The number of hydrogen-bond donors (Lipinski definition) is 1.